The van der Waals surface area contributed by atoms with E-state index in [1.165, 1.54) is 13.8 Å². The molecule has 0 saturated carbocycles. The Balaban J connectivity index is 3.05. The van der Waals surface area contributed by atoms with Crippen molar-refractivity contribution in [3.05, 3.63) is 0 Å². The Kier molecular flexibility index (Phi) is 4.32. The fourth-order valence-electron chi connectivity index (χ4n) is 3.60. The van der Waals surface area contributed by atoms with Crippen LogP contribution in [0.3, 0.4) is 0 Å². The molecule has 1 aliphatic heterocycles. The second kappa shape index (κ2) is 5.19. The van der Waals surface area contributed by atoms with Crippen molar-refractivity contribution in [3.8, 4) is 0 Å². The average molecular weight is 282 g/mol. The maximum absolute atomic E-state index is 12.4. The van der Waals surface area contributed by atoms with Crippen molar-refractivity contribution in [1.82, 2.24) is 10.6 Å². The van der Waals surface area contributed by atoms with Crippen LogP contribution in [0.2, 0.25) is 0 Å². The summed E-state index contributed by atoms with van der Waals surface area (Å²) in [5.41, 5.74) is -1.58. The van der Waals surface area contributed by atoms with Gasteiger partial charge in [-0.1, -0.05) is 0 Å². The maximum Gasteiger partial charge on any atom is 0.227 e. The van der Waals surface area contributed by atoms with E-state index in [-0.39, 0.29) is 29.6 Å². The molecule has 0 aromatic rings. The molecule has 1 saturated heterocycles. The minimum atomic E-state index is -0.735. The Labute approximate surface area is 120 Å². The molecule has 2 amide bonds. The maximum atomic E-state index is 12.4. The molecule has 0 radical (unpaired) electrons. The molecule has 0 spiro atoms. The number of rotatable bonds is 5. The van der Waals surface area contributed by atoms with Crippen molar-refractivity contribution >= 4 is 17.6 Å². The third-order valence-electron chi connectivity index (χ3n) is 3.60. The van der Waals surface area contributed by atoms with Crippen LogP contribution < -0.4 is 10.6 Å². The van der Waals surface area contributed by atoms with Gasteiger partial charge in [-0.25, -0.2) is 0 Å². The number of carbonyl (C=O) groups excluding carboxylic acids is 3. The molecular weight excluding hydrogens is 256 g/mol. The molecule has 1 unspecified atom stereocenters. The largest absolute Gasteiger partial charge is 0.351 e. The quantitative estimate of drug-likeness (QED) is 0.803. The van der Waals surface area contributed by atoms with Gasteiger partial charge in [-0.2, -0.15) is 0 Å². The summed E-state index contributed by atoms with van der Waals surface area (Å²) in [5.74, 6) is -0.224. The Hall–Kier alpha value is -1.39. The monoisotopic (exact) mass is 282 g/mol. The first-order chi connectivity index (χ1) is 8.88. The second-order valence-electron chi connectivity index (χ2n) is 7.42. The fourth-order valence-corrected chi connectivity index (χ4v) is 3.60. The Bertz CT molecular complexity index is 440. The molecule has 2 N–H and O–H groups in total. The summed E-state index contributed by atoms with van der Waals surface area (Å²) in [5, 5.41) is 5.82. The van der Waals surface area contributed by atoms with Crippen LogP contribution in [0.5, 0.6) is 0 Å². The number of hydrogen-bond donors (Lipinski definition) is 2. The summed E-state index contributed by atoms with van der Waals surface area (Å²) in [6, 6.07) is 0. The van der Waals surface area contributed by atoms with Gasteiger partial charge in [-0.05, 0) is 47.5 Å². The number of amides is 2. The summed E-state index contributed by atoms with van der Waals surface area (Å²) in [7, 11) is 0. The zero-order valence-electron chi connectivity index (χ0n) is 13.3. The van der Waals surface area contributed by atoms with Crippen LogP contribution in [0.15, 0.2) is 0 Å². The predicted octanol–water partition coefficient (Wildman–Crippen LogP) is 1.56. The summed E-state index contributed by atoms with van der Waals surface area (Å²) in [4.78, 5) is 35.3. The summed E-state index contributed by atoms with van der Waals surface area (Å²) in [6.07, 6.45) is 1.27. The first kappa shape index (κ1) is 16.7. The zero-order valence-corrected chi connectivity index (χ0v) is 13.3. The van der Waals surface area contributed by atoms with Crippen LogP contribution in [0.1, 0.15) is 60.8 Å². The smallest absolute Gasteiger partial charge is 0.227 e. The summed E-state index contributed by atoms with van der Waals surface area (Å²) >= 11 is 0. The van der Waals surface area contributed by atoms with E-state index in [1.54, 1.807) is 0 Å². The third-order valence-corrected chi connectivity index (χ3v) is 3.60. The molecule has 0 aromatic heterocycles. The van der Waals surface area contributed by atoms with Gasteiger partial charge >= 0.3 is 0 Å². The number of nitrogens with one attached hydrogen (secondary N) is 2. The third kappa shape index (κ3) is 4.05. The Morgan fingerprint density at radius 2 is 1.85 bits per heavy atom. The molecule has 0 aliphatic carbocycles. The first-order valence-electron chi connectivity index (χ1n) is 6.98. The Morgan fingerprint density at radius 1 is 1.30 bits per heavy atom. The van der Waals surface area contributed by atoms with Gasteiger partial charge in [-0.15, -0.1) is 0 Å². The molecule has 114 valence electrons. The lowest BCUT2D eigenvalue weighted by Gasteiger charge is -2.36. The first-order valence-corrected chi connectivity index (χ1v) is 6.98. The molecule has 5 nitrogen and oxygen atoms in total. The molecular formula is C15H26N2O3. The van der Waals surface area contributed by atoms with Crippen molar-refractivity contribution in [3.63, 3.8) is 0 Å². The lowest BCUT2D eigenvalue weighted by Crippen LogP contribution is -2.48. The molecule has 5 heteroatoms. The van der Waals surface area contributed by atoms with Crippen LogP contribution >= 0.6 is 0 Å². The standard InChI is InChI=1S/C15H26N2O3/c1-10(18)7-15(8-13(3,4)16-11(2)19)9-14(5,6)17-12(15)20/h7-9H2,1-6H3,(H,16,19)(H,17,20). The van der Waals surface area contributed by atoms with Crippen LogP contribution in [-0.4, -0.2) is 28.7 Å². The number of carbonyl (C=O) groups is 3. The number of hydrogen-bond acceptors (Lipinski definition) is 3. The van der Waals surface area contributed by atoms with Crippen molar-refractivity contribution in [2.75, 3.05) is 0 Å². The lowest BCUT2D eigenvalue weighted by molar-refractivity contribution is -0.134. The Morgan fingerprint density at radius 3 is 2.20 bits per heavy atom. The van der Waals surface area contributed by atoms with Crippen LogP contribution in [0.4, 0.5) is 0 Å². The average Bonchev–Trinajstić information content (AvgIpc) is 2.29. The lowest BCUT2D eigenvalue weighted by atomic mass is 9.70. The van der Waals surface area contributed by atoms with Crippen molar-refractivity contribution in [2.24, 2.45) is 5.41 Å². The van der Waals surface area contributed by atoms with Crippen LogP contribution in [0.25, 0.3) is 0 Å². The molecule has 1 atom stereocenters. The van der Waals surface area contributed by atoms with Gasteiger partial charge in [0.2, 0.25) is 11.8 Å². The summed E-state index contributed by atoms with van der Waals surface area (Å²) in [6.45, 7) is 10.6. The number of ketones is 1. The molecule has 1 heterocycles. The molecule has 1 aliphatic rings. The highest BCUT2D eigenvalue weighted by atomic mass is 16.2. The van der Waals surface area contributed by atoms with Crippen molar-refractivity contribution in [2.45, 2.75) is 71.9 Å². The van der Waals surface area contributed by atoms with E-state index in [0.717, 1.165) is 0 Å². The normalized spacial score (nSPS) is 25.2. The molecule has 0 aromatic carbocycles. The minimum absolute atomic E-state index is 0.00326. The van der Waals surface area contributed by atoms with Gasteiger partial charge < -0.3 is 10.6 Å². The van der Waals surface area contributed by atoms with Gasteiger partial charge in [0.05, 0.1) is 5.41 Å². The van der Waals surface area contributed by atoms with E-state index in [4.69, 9.17) is 0 Å². The van der Waals surface area contributed by atoms with E-state index in [1.807, 2.05) is 27.7 Å². The predicted molar refractivity (Wildman–Crippen MR) is 77.1 cm³/mol. The van der Waals surface area contributed by atoms with Gasteiger partial charge in [0.1, 0.15) is 5.78 Å². The fraction of sp³-hybridized carbons (Fsp3) is 0.800. The topological polar surface area (TPSA) is 75.3 Å². The molecule has 20 heavy (non-hydrogen) atoms. The van der Waals surface area contributed by atoms with E-state index >= 15 is 0 Å². The van der Waals surface area contributed by atoms with E-state index < -0.39 is 11.0 Å². The van der Waals surface area contributed by atoms with Crippen LogP contribution in [-0.2, 0) is 14.4 Å². The number of Topliss-reactive ketones (excluding diaryl/α,β-unsaturated/α-hetero) is 1. The second-order valence-corrected chi connectivity index (χ2v) is 7.42. The van der Waals surface area contributed by atoms with Crippen LogP contribution in [0, 0.1) is 5.41 Å². The highest BCUT2D eigenvalue weighted by Crippen LogP contribution is 2.44. The van der Waals surface area contributed by atoms with Gasteiger partial charge in [-0.3, -0.25) is 14.4 Å². The molecule has 1 rings (SSSR count). The van der Waals surface area contributed by atoms with Gasteiger partial charge in [0, 0.05) is 24.4 Å². The van der Waals surface area contributed by atoms with E-state index in [0.29, 0.717) is 12.8 Å². The van der Waals surface area contributed by atoms with E-state index in [9.17, 15) is 14.4 Å². The minimum Gasteiger partial charge on any atom is -0.351 e. The zero-order chi connectivity index (χ0) is 15.8. The van der Waals surface area contributed by atoms with Crippen molar-refractivity contribution < 1.29 is 14.4 Å². The highest BCUT2D eigenvalue weighted by Gasteiger charge is 2.52. The van der Waals surface area contributed by atoms with Crippen molar-refractivity contribution in [1.29, 1.82) is 0 Å². The summed E-state index contributed by atoms with van der Waals surface area (Å²) < 4.78 is 0. The highest BCUT2D eigenvalue weighted by molar-refractivity contribution is 5.91. The SMILES string of the molecule is CC(=O)CC1(CC(C)(C)NC(C)=O)CC(C)(C)NC1=O. The van der Waals surface area contributed by atoms with Gasteiger partial charge in [0.25, 0.3) is 0 Å². The van der Waals surface area contributed by atoms with Gasteiger partial charge in [0.15, 0.2) is 0 Å². The van der Waals surface area contributed by atoms with E-state index in [2.05, 4.69) is 10.6 Å². The molecule has 1 fully saturated rings. The molecule has 0 bridgehead atoms.